The summed E-state index contributed by atoms with van der Waals surface area (Å²) >= 11 is 0. The smallest absolute Gasteiger partial charge is 0.200 e. The van der Waals surface area contributed by atoms with Crippen LogP contribution in [-0.4, -0.2) is 94.7 Å². The molecule has 0 saturated heterocycles. The number of benzene rings is 4. The van der Waals surface area contributed by atoms with E-state index in [4.69, 9.17) is 14.6 Å². The third-order valence-electron chi connectivity index (χ3n) is 7.94. The van der Waals surface area contributed by atoms with E-state index in [1.165, 1.54) is 24.3 Å². The SMILES string of the molecule is Cl.Cl.O=C1c2c(O)ccc(O)c2C(=O)c2c(NCCNCCO)ccc(NCCNCCO)c21.O=c1cc(-c2ccccc2)oc2cc(O)cc(O)c12. The van der Waals surface area contributed by atoms with E-state index in [1.54, 1.807) is 12.1 Å². The first-order valence-electron chi connectivity index (χ1n) is 16.1. The summed E-state index contributed by atoms with van der Waals surface area (Å²) < 4.78 is 5.57. The van der Waals surface area contributed by atoms with E-state index in [2.05, 4.69) is 21.3 Å². The van der Waals surface area contributed by atoms with Gasteiger partial charge in [-0.15, -0.1) is 24.8 Å². The molecule has 16 heteroatoms. The molecule has 1 aliphatic rings. The Labute approximate surface area is 315 Å². The number of aromatic hydroxyl groups is 4. The van der Waals surface area contributed by atoms with E-state index in [9.17, 15) is 34.8 Å². The number of halogens is 2. The molecule has 282 valence electrons. The van der Waals surface area contributed by atoms with Gasteiger partial charge < -0.3 is 56.3 Å². The number of hydrogen-bond acceptors (Lipinski definition) is 14. The molecule has 0 unspecified atom stereocenters. The van der Waals surface area contributed by atoms with Gasteiger partial charge >= 0.3 is 0 Å². The molecule has 1 aromatic heterocycles. The summed E-state index contributed by atoms with van der Waals surface area (Å²) in [5.74, 6) is -1.91. The molecule has 0 atom stereocenters. The molecule has 1 aliphatic carbocycles. The van der Waals surface area contributed by atoms with Crippen LogP contribution in [0.2, 0.25) is 0 Å². The van der Waals surface area contributed by atoms with Gasteiger partial charge in [-0.1, -0.05) is 30.3 Å². The average molecular weight is 772 g/mol. The number of phenols is 4. The molecule has 1 heterocycles. The van der Waals surface area contributed by atoms with Crippen molar-refractivity contribution in [3.63, 3.8) is 0 Å². The van der Waals surface area contributed by atoms with Gasteiger partial charge in [0.05, 0.1) is 35.5 Å². The number of carbonyl (C=O) groups is 2. The number of rotatable bonds is 13. The maximum Gasteiger partial charge on any atom is 0.200 e. The Kier molecular flexibility index (Phi) is 15.5. The Bertz CT molecular complexity index is 2030. The number of carbonyl (C=O) groups excluding carboxylic acids is 2. The Morgan fingerprint density at radius 2 is 1.06 bits per heavy atom. The predicted molar refractivity (Wildman–Crippen MR) is 206 cm³/mol. The van der Waals surface area contributed by atoms with Crippen molar-refractivity contribution < 1.29 is 44.6 Å². The van der Waals surface area contributed by atoms with Gasteiger partial charge in [0.25, 0.3) is 0 Å². The Morgan fingerprint density at radius 3 is 1.55 bits per heavy atom. The number of aliphatic hydroxyl groups is 2. The zero-order valence-electron chi connectivity index (χ0n) is 28.2. The van der Waals surface area contributed by atoms with E-state index in [0.717, 1.165) is 11.6 Å². The molecule has 0 aliphatic heterocycles. The zero-order chi connectivity index (χ0) is 36.5. The predicted octanol–water partition coefficient (Wildman–Crippen LogP) is 3.58. The summed E-state index contributed by atoms with van der Waals surface area (Å²) in [4.78, 5) is 38.7. The molecule has 0 saturated carbocycles. The minimum absolute atomic E-state index is 0. The number of anilines is 2. The lowest BCUT2D eigenvalue weighted by Crippen LogP contribution is -2.28. The Morgan fingerprint density at radius 1 is 0.547 bits per heavy atom. The normalized spacial score (nSPS) is 11.4. The number of hydrogen-bond donors (Lipinski definition) is 10. The van der Waals surface area contributed by atoms with E-state index in [-0.39, 0.29) is 99.7 Å². The Balaban J connectivity index is 0.000000308. The number of nitrogens with one attached hydrogen (secondary N) is 4. The summed E-state index contributed by atoms with van der Waals surface area (Å²) in [7, 11) is 0. The van der Waals surface area contributed by atoms with Crippen LogP contribution in [-0.2, 0) is 0 Å². The number of phenolic OH excluding ortho intramolecular Hbond substituents is 4. The van der Waals surface area contributed by atoms with Gasteiger partial charge in [-0.05, 0) is 24.3 Å². The van der Waals surface area contributed by atoms with Crippen molar-refractivity contribution in [2.24, 2.45) is 0 Å². The molecule has 0 spiro atoms. The first-order chi connectivity index (χ1) is 24.7. The second kappa shape index (κ2) is 19.5. The van der Waals surface area contributed by atoms with Gasteiger partial charge in [0.1, 0.15) is 39.7 Å². The molecule has 14 nitrogen and oxygen atoms in total. The Hall–Kier alpha value is -5.35. The van der Waals surface area contributed by atoms with Gasteiger partial charge in [-0.25, -0.2) is 0 Å². The summed E-state index contributed by atoms with van der Waals surface area (Å²) in [5.41, 5.74) is 1.24. The van der Waals surface area contributed by atoms with Crippen LogP contribution in [0.25, 0.3) is 22.3 Å². The molecule has 6 rings (SSSR count). The second-order valence-electron chi connectivity index (χ2n) is 11.4. The van der Waals surface area contributed by atoms with Gasteiger partial charge in [0, 0.05) is 74.4 Å². The van der Waals surface area contributed by atoms with Crippen LogP contribution in [0.4, 0.5) is 11.4 Å². The topological polar surface area (TPSA) is 234 Å². The van der Waals surface area contributed by atoms with Crippen molar-refractivity contribution in [2.75, 3.05) is 63.1 Å². The highest BCUT2D eigenvalue weighted by Gasteiger charge is 2.37. The van der Waals surface area contributed by atoms with Gasteiger partial charge in [-0.3, -0.25) is 14.4 Å². The van der Waals surface area contributed by atoms with E-state index in [1.807, 2.05) is 30.3 Å². The molecule has 0 bridgehead atoms. The maximum atomic E-state index is 13.4. The van der Waals surface area contributed by atoms with Crippen LogP contribution < -0.4 is 26.7 Å². The molecule has 0 fully saturated rings. The minimum Gasteiger partial charge on any atom is -0.508 e. The lowest BCUT2D eigenvalue weighted by Gasteiger charge is -2.25. The van der Waals surface area contributed by atoms with Crippen LogP contribution >= 0.6 is 24.8 Å². The van der Waals surface area contributed by atoms with Crippen molar-refractivity contribution in [1.82, 2.24) is 10.6 Å². The van der Waals surface area contributed by atoms with Crippen molar-refractivity contribution in [1.29, 1.82) is 0 Å². The van der Waals surface area contributed by atoms with E-state index >= 15 is 0 Å². The first-order valence-corrected chi connectivity index (χ1v) is 16.1. The van der Waals surface area contributed by atoms with Crippen LogP contribution in [0.5, 0.6) is 23.0 Å². The molecule has 4 aromatic carbocycles. The number of ketones is 2. The quantitative estimate of drug-likeness (QED) is 0.0598. The zero-order valence-corrected chi connectivity index (χ0v) is 29.9. The molecule has 0 radical (unpaired) electrons. The minimum atomic E-state index is -0.559. The number of aliphatic hydroxyl groups excluding tert-OH is 2. The van der Waals surface area contributed by atoms with Gasteiger partial charge in [-0.2, -0.15) is 0 Å². The first kappa shape index (κ1) is 42.1. The fraction of sp³-hybridized carbons (Fsp3) is 0.216. The van der Waals surface area contributed by atoms with Crippen molar-refractivity contribution in [2.45, 2.75) is 0 Å². The third kappa shape index (κ3) is 9.56. The van der Waals surface area contributed by atoms with Crippen LogP contribution in [0.15, 0.2) is 82.0 Å². The maximum absolute atomic E-state index is 13.4. The highest BCUT2D eigenvalue weighted by molar-refractivity contribution is 6.33. The average Bonchev–Trinajstić information content (AvgIpc) is 3.11. The standard InChI is InChI=1S/C22H28N4O6.C15H10O4.2ClH/c27-11-9-23-5-7-25-13-1-2-14(26-8-6-24-10-12-28)18-17(13)21(31)19-15(29)3-4-16(30)20(19)22(18)32;16-10-6-11(17)15-12(18)8-13(19-14(15)7-10)9-4-2-1-3-5-9;;/h1-4,23-30H,5-12H2;1-8,16-17H;2*1H. The van der Waals surface area contributed by atoms with Crippen molar-refractivity contribution >= 4 is 58.7 Å². The molecular formula is C37H40Cl2N4O10. The third-order valence-corrected chi connectivity index (χ3v) is 7.94. The highest BCUT2D eigenvalue weighted by atomic mass is 35.5. The van der Waals surface area contributed by atoms with Crippen LogP contribution in [0, 0.1) is 0 Å². The molecular weight excluding hydrogens is 731 g/mol. The van der Waals surface area contributed by atoms with Gasteiger partial charge in [0.2, 0.25) is 11.6 Å². The van der Waals surface area contributed by atoms with Crippen LogP contribution in [0.3, 0.4) is 0 Å². The van der Waals surface area contributed by atoms with E-state index in [0.29, 0.717) is 56.4 Å². The molecule has 10 N–H and O–H groups in total. The van der Waals surface area contributed by atoms with E-state index < -0.39 is 11.6 Å². The molecule has 0 amide bonds. The van der Waals surface area contributed by atoms with Crippen molar-refractivity contribution in [3.05, 3.63) is 105 Å². The molecule has 53 heavy (non-hydrogen) atoms. The monoisotopic (exact) mass is 770 g/mol. The lowest BCUT2D eigenvalue weighted by atomic mass is 9.81. The fourth-order valence-electron chi connectivity index (χ4n) is 5.64. The number of fused-ring (bicyclic) bond motifs is 3. The highest BCUT2D eigenvalue weighted by Crippen LogP contribution is 2.42. The summed E-state index contributed by atoms with van der Waals surface area (Å²) in [5, 5.41) is 69.7. The summed E-state index contributed by atoms with van der Waals surface area (Å²) in [6.45, 7) is 2.81. The molecule has 5 aromatic rings. The van der Waals surface area contributed by atoms with Gasteiger partial charge in [0.15, 0.2) is 5.43 Å². The largest absolute Gasteiger partial charge is 0.508 e. The fourth-order valence-corrected chi connectivity index (χ4v) is 5.64. The second-order valence-corrected chi connectivity index (χ2v) is 11.4. The lowest BCUT2D eigenvalue weighted by molar-refractivity contribution is 0.0975. The summed E-state index contributed by atoms with van der Waals surface area (Å²) in [6, 6.07) is 18.6. The summed E-state index contributed by atoms with van der Waals surface area (Å²) in [6.07, 6.45) is 0. The van der Waals surface area contributed by atoms with Crippen LogP contribution in [0.1, 0.15) is 31.8 Å². The van der Waals surface area contributed by atoms with Crippen molar-refractivity contribution in [3.8, 4) is 34.3 Å².